The Morgan fingerprint density at radius 2 is 1.88 bits per heavy atom. The number of nitrogens with zero attached hydrogens (tertiary/aromatic N) is 4. The highest BCUT2D eigenvalue weighted by molar-refractivity contribution is 7.90. The van der Waals surface area contributed by atoms with Crippen LogP contribution in [0, 0.1) is 6.92 Å². The maximum Gasteiger partial charge on any atom is 0.333 e. The van der Waals surface area contributed by atoms with Crippen molar-refractivity contribution in [3.8, 4) is 17.0 Å². The van der Waals surface area contributed by atoms with E-state index in [1.165, 1.54) is 13.3 Å². The fourth-order valence-electron chi connectivity index (χ4n) is 3.32. The number of pyridine rings is 1. The Balaban J connectivity index is 1.99. The Hall–Kier alpha value is -3.73. The first-order chi connectivity index (χ1) is 16.0. The number of anilines is 2. The first-order valence-electron chi connectivity index (χ1n) is 10.5. The van der Waals surface area contributed by atoms with E-state index in [2.05, 4.69) is 20.3 Å². The molecule has 0 radical (unpaired) electrons. The van der Waals surface area contributed by atoms with Gasteiger partial charge in [0, 0.05) is 31.9 Å². The van der Waals surface area contributed by atoms with Gasteiger partial charge in [-0.15, -0.1) is 0 Å². The molecule has 0 aliphatic heterocycles. The Kier molecular flexibility index (Phi) is 7.35. The third-order valence-corrected chi connectivity index (χ3v) is 6.19. The van der Waals surface area contributed by atoms with Gasteiger partial charge in [-0.25, -0.2) is 19.5 Å². The summed E-state index contributed by atoms with van der Waals surface area (Å²) in [4.78, 5) is 26.6. The molecule has 2 N–H and O–H groups in total. The molecule has 11 heteroatoms. The molecule has 0 aliphatic rings. The number of urea groups is 1. The highest BCUT2D eigenvalue weighted by Gasteiger charge is 2.23. The molecule has 2 heterocycles. The van der Waals surface area contributed by atoms with E-state index in [0.717, 1.165) is 22.9 Å². The van der Waals surface area contributed by atoms with Gasteiger partial charge in [-0.2, -0.15) is 8.42 Å². The van der Waals surface area contributed by atoms with Gasteiger partial charge in [0.25, 0.3) is 10.0 Å². The van der Waals surface area contributed by atoms with Crippen LogP contribution in [-0.4, -0.2) is 50.6 Å². The number of aromatic nitrogens is 3. The minimum Gasteiger partial charge on any atom is -0.481 e. The van der Waals surface area contributed by atoms with Crippen LogP contribution in [0.3, 0.4) is 0 Å². The summed E-state index contributed by atoms with van der Waals surface area (Å²) in [6, 6.07) is 6.51. The molecule has 0 fully saturated rings. The SMILES string of the molecule is COc1cc(-c2cc(C)cc(C(C)C)c2NC(=O)NS(=O)(=O)c2cncc(N(C)C)n2)ccn1. The average Bonchev–Trinajstić information content (AvgIpc) is 2.79. The number of nitrogens with one attached hydrogen (secondary N) is 2. The van der Waals surface area contributed by atoms with E-state index in [0.29, 0.717) is 22.9 Å². The summed E-state index contributed by atoms with van der Waals surface area (Å²) in [7, 11) is 0.683. The normalized spacial score (nSPS) is 11.3. The van der Waals surface area contributed by atoms with E-state index >= 15 is 0 Å². The van der Waals surface area contributed by atoms with Crippen LogP contribution >= 0.6 is 0 Å². The zero-order valence-electron chi connectivity index (χ0n) is 19.9. The standard InChI is InChI=1S/C23H28N6O4S/c1-14(2)17-9-15(3)10-18(16-7-8-25-20(11-16)33-6)22(17)27-23(30)28-34(31,32)21-13-24-12-19(26-21)29(4)5/h7-14H,1-6H3,(H2,27,28,30). The molecule has 34 heavy (non-hydrogen) atoms. The molecule has 2 aromatic heterocycles. The fourth-order valence-corrected chi connectivity index (χ4v) is 4.14. The van der Waals surface area contributed by atoms with Crippen molar-refractivity contribution in [3.63, 3.8) is 0 Å². The van der Waals surface area contributed by atoms with E-state index in [1.807, 2.05) is 37.6 Å². The molecule has 0 saturated carbocycles. The molecule has 0 spiro atoms. The van der Waals surface area contributed by atoms with Crippen molar-refractivity contribution in [1.29, 1.82) is 0 Å². The van der Waals surface area contributed by atoms with Gasteiger partial charge >= 0.3 is 6.03 Å². The Morgan fingerprint density at radius 3 is 2.53 bits per heavy atom. The topological polar surface area (TPSA) is 126 Å². The molecule has 180 valence electrons. The zero-order chi connectivity index (χ0) is 25.0. The van der Waals surface area contributed by atoms with Crippen LogP contribution in [0.1, 0.15) is 30.9 Å². The number of hydrogen-bond donors (Lipinski definition) is 2. The summed E-state index contributed by atoms with van der Waals surface area (Å²) in [5, 5.41) is 2.38. The number of sulfonamides is 1. The second-order valence-corrected chi connectivity index (χ2v) is 9.82. The van der Waals surface area contributed by atoms with Crippen LogP contribution in [0.5, 0.6) is 5.88 Å². The lowest BCUT2D eigenvalue weighted by Gasteiger charge is -2.20. The summed E-state index contributed by atoms with van der Waals surface area (Å²) in [6.45, 7) is 5.94. The Morgan fingerprint density at radius 1 is 1.15 bits per heavy atom. The zero-order valence-corrected chi connectivity index (χ0v) is 20.8. The van der Waals surface area contributed by atoms with Crippen molar-refractivity contribution >= 4 is 27.6 Å². The quantitative estimate of drug-likeness (QED) is 0.521. The van der Waals surface area contributed by atoms with Crippen molar-refractivity contribution in [2.75, 3.05) is 31.4 Å². The highest BCUT2D eigenvalue weighted by Crippen LogP contribution is 2.37. The summed E-state index contributed by atoms with van der Waals surface area (Å²) < 4.78 is 32.9. The van der Waals surface area contributed by atoms with Gasteiger partial charge in [0.1, 0.15) is 5.82 Å². The van der Waals surface area contributed by atoms with Crippen molar-refractivity contribution in [2.45, 2.75) is 31.7 Å². The van der Waals surface area contributed by atoms with Crippen LogP contribution in [0.4, 0.5) is 16.3 Å². The molecule has 0 atom stereocenters. The van der Waals surface area contributed by atoms with Crippen molar-refractivity contribution in [1.82, 2.24) is 19.7 Å². The number of carbonyl (C=O) groups excluding carboxylic acids is 1. The van der Waals surface area contributed by atoms with E-state index in [1.54, 1.807) is 37.3 Å². The Labute approximate surface area is 199 Å². The van der Waals surface area contributed by atoms with Crippen molar-refractivity contribution in [3.05, 3.63) is 54.0 Å². The number of aryl methyl sites for hydroxylation is 1. The molecule has 3 rings (SSSR count). The summed E-state index contributed by atoms with van der Waals surface area (Å²) >= 11 is 0. The maximum atomic E-state index is 12.9. The summed E-state index contributed by atoms with van der Waals surface area (Å²) in [6.07, 6.45) is 4.12. The van der Waals surface area contributed by atoms with Gasteiger partial charge in [0.2, 0.25) is 5.88 Å². The van der Waals surface area contributed by atoms with E-state index < -0.39 is 16.1 Å². The van der Waals surface area contributed by atoms with Gasteiger partial charge in [-0.1, -0.05) is 25.5 Å². The maximum absolute atomic E-state index is 12.9. The van der Waals surface area contributed by atoms with Crippen LogP contribution < -0.4 is 19.7 Å². The summed E-state index contributed by atoms with van der Waals surface area (Å²) in [5.74, 6) is 0.817. The highest BCUT2D eigenvalue weighted by atomic mass is 32.2. The number of methoxy groups -OCH3 is 1. The molecule has 3 aromatic rings. The second-order valence-electron chi connectivity index (χ2n) is 8.19. The molecular weight excluding hydrogens is 456 g/mol. The minimum atomic E-state index is -4.26. The molecule has 0 bridgehead atoms. The number of rotatable bonds is 7. The predicted molar refractivity (Wildman–Crippen MR) is 131 cm³/mol. The van der Waals surface area contributed by atoms with Crippen LogP contribution in [0.2, 0.25) is 0 Å². The minimum absolute atomic E-state index is 0.0527. The lowest BCUT2D eigenvalue weighted by Crippen LogP contribution is -2.35. The molecule has 0 unspecified atom stereocenters. The smallest absolute Gasteiger partial charge is 0.333 e. The van der Waals surface area contributed by atoms with Crippen LogP contribution in [0.25, 0.3) is 11.1 Å². The van der Waals surface area contributed by atoms with Crippen molar-refractivity contribution in [2.24, 2.45) is 0 Å². The van der Waals surface area contributed by atoms with E-state index in [9.17, 15) is 13.2 Å². The molecule has 0 saturated heterocycles. The molecular formula is C23H28N6O4S. The number of amides is 2. The second kappa shape index (κ2) is 10.0. The lowest BCUT2D eigenvalue weighted by molar-refractivity contribution is 0.256. The van der Waals surface area contributed by atoms with Gasteiger partial charge in [-0.3, -0.25) is 4.98 Å². The molecule has 10 nitrogen and oxygen atoms in total. The molecule has 1 aromatic carbocycles. The fraction of sp³-hybridized carbons (Fsp3) is 0.304. The third-order valence-electron chi connectivity index (χ3n) is 4.99. The predicted octanol–water partition coefficient (Wildman–Crippen LogP) is 3.56. The van der Waals surface area contributed by atoms with Gasteiger partial charge in [0.15, 0.2) is 5.03 Å². The first-order valence-corrected chi connectivity index (χ1v) is 12.0. The lowest BCUT2D eigenvalue weighted by atomic mass is 9.92. The Bertz CT molecular complexity index is 1310. The van der Waals surface area contributed by atoms with E-state index in [-0.39, 0.29) is 10.9 Å². The number of ether oxygens (including phenoxy) is 1. The van der Waals surface area contributed by atoms with Gasteiger partial charge in [-0.05, 0) is 36.1 Å². The van der Waals surface area contributed by atoms with Gasteiger partial charge < -0.3 is 15.0 Å². The monoisotopic (exact) mass is 484 g/mol. The average molecular weight is 485 g/mol. The van der Waals surface area contributed by atoms with Gasteiger partial charge in [0.05, 0.1) is 25.2 Å². The number of benzene rings is 1. The van der Waals surface area contributed by atoms with E-state index in [4.69, 9.17) is 4.74 Å². The largest absolute Gasteiger partial charge is 0.481 e. The summed E-state index contributed by atoms with van der Waals surface area (Å²) in [5.41, 5.74) is 3.82. The van der Waals surface area contributed by atoms with Crippen LogP contribution in [0.15, 0.2) is 47.9 Å². The third kappa shape index (κ3) is 5.60. The number of carbonyl (C=O) groups is 1. The molecule has 2 amide bonds. The van der Waals surface area contributed by atoms with Crippen LogP contribution in [-0.2, 0) is 10.0 Å². The van der Waals surface area contributed by atoms with Crippen molar-refractivity contribution < 1.29 is 17.9 Å². The first kappa shape index (κ1) is 24.9. The molecule has 0 aliphatic carbocycles. The number of hydrogen-bond acceptors (Lipinski definition) is 8.